The lowest BCUT2D eigenvalue weighted by Crippen LogP contribution is -2.17. The number of aliphatic hydroxyl groups excluding tert-OH is 1. The number of hydrogen-bond donors (Lipinski definition) is 3. The first-order valence-corrected chi connectivity index (χ1v) is 9.89. The lowest BCUT2D eigenvalue weighted by Gasteiger charge is -2.15. The molecule has 3 N–H and O–H groups in total. The molecule has 160 valence electrons. The molecule has 0 saturated carbocycles. The molecule has 1 aliphatic heterocycles. The minimum atomic E-state index is 0.0241. The Labute approximate surface area is 176 Å². The third kappa shape index (κ3) is 5.24. The summed E-state index contributed by atoms with van der Waals surface area (Å²) in [5.74, 6) is 1.16. The number of rotatable bonds is 9. The molecule has 0 bridgehead atoms. The van der Waals surface area contributed by atoms with Crippen molar-refractivity contribution in [2.45, 2.75) is 25.7 Å². The molecule has 0 amide bonds. The molecule has 0 radical (unpaired) electrons. The molecule has 0 aromatic heterocycles. The van der Waals surface area contributed by atoms with E-state index in [1.54, 1.807) is 12.1 Å². The Morgan fingerprint density at radius 1 is 0.967 bits per heavy atom. The summed E-state index contributed by atoms with van der Waals surface area (Å²) in [6, 6.07) is 10.7. The second-order valence-corrected chi connectivity index (χ2v) is 7.10. The lowest BCUT2D eigenvalue weighted by atomic mass is 10.0. The van der Waals surface area contributed by atoms with E-state index >= 15 is 0 Å². The quantitative estimate of drug-likeness (QED) is 0.585. The predicted octanol–water partition coefficient (Wildman–Crippen LogP) is 3.23. The number of aryl methyl sites for hydroxylation is 1. The summed E-state index contributed by atoms with van der Waals surface area (Å²) in [6.45, 7) is 0.470. The summed E-state index contributed by atoms with van der Waals surface area (Å²) in [5, 5.41) is 35.4. The summed E-state index contributed by atoms with van der Waals surface area (Å²) in [4.78, 5) is 0. The lowest BCUT2D eigenvalue weighted by molar-refractivity contribution is 0.235. The first kappa shape index (κ1) is 21.5. The van der Waals surface area contributed by atoms with Gasteiger partial charge < -0.3 is 24.8 Å². The van der Waals surface area contributed by atoms with E-state index in [1.807, 2.05) is 29.3 Å². The van der Waals surface area contributed by atoms with Gasteiger partial charge in [0.05, 0.1) is 27.4 Å². The van der Waals surface area contributed by atoms with E-state index in [-0.39, 0.29) is 18.1 Å². The molecule has 30 heavy (non-hydrogen) atoms. The van der Waals surface area contributed by atoms with Gasteiger partial charge in [0.2, 0.25) is 0 Å². The highest BCUT2D eigenvalue weighted by molar-refractivity contribution is 5.88. The second kappa shape index (κ2) is 10.0. The number of benzene rings is 2. The van der Waals surface area contributed by atoms with Gasteiger partial charge in [0, 0.05) is 17.8 Å². The summed E-state index contributed by atoms with van der Waals surface area (Å²) >= 11 is 0. The highest BCUT2D eigenvalue weighted by atomic mass is 16.5. The van der Waals surface area contributed by atoms with E-state index in [2.05, 4.69) is 11.2 Å². The zero-order chi connectivity index (χ0) is 21.5. The van der Waals surface area contributed by atoms with Gasteiger partial charge in [-0.05, 0) is 54.7 Å². The Morgan fingerprint density at radius 2 is 1.60 bits per heavy atom. The van der Waals surface area contributed by atoms with Crippen molar-refractivity contribution in [2.75, 3.05) is 27.4 Å². The molecule has 2 aromatic rings. The topological polar surface area (TPSA) is 94.8 Å². The number of aliphatic hydroxyl groups is 1. The zero-order valence-corrected chi connectivity index (χ0v) is 17.3. The molecule has 0 fully saturated rings. The maximum atomic E-state index is 9.75. The molecule has 0 atom stereocenters. The predicted molar refractivity (Wildman–Crippen MR) is 115 cm³/mol. The number of phenolic OH excluding ortho intramolecular Hbond substituents is 2. The van der Waals surface area contributed by atoms with Crippen molar-refractivity contribution in [1.29, 1.82) is 0 Å². The van der Waals surface area contributed by atoms with Crippen LogP contribution in [0.25, 0.3) is 0 Å². The van der Waals surface area contributed by atoms with Crippen molar-refractivity contribution < 1.29 is 24.8 Å². The SMILES string of the molecule is COc1cc(CC=C2CC(CCc3ccc(O)c(OC)c3)=NN2CCO)ccc1O. The van der Waals surface area contributed by atoms with Crippen LogP contribution < -0.4 is 9.47 Å². The van der Waals surface area contributed by atoms with Gasteiger partial charge >= 0.3 is 0 Å². The van der Waals surface area contributed by atoms with Crippen LogP contribution in [0.2, 0.25) is 0 Å². The van der Waals surface area contributed by atoms with Crippen LogP contribution in [0.5, 0.6) is 23.0 Å². The molecule has 7 heteroatoms. The van der Waals surface area contributed by atoms with Crippen molar-refractivity contribution in [1.82, 2.24) is 5.01 Å². The average molecular weight is 412 g/mol. The van der Waals surface area contributed by atoms with E-state index in [9.17, 15) is 15.3 Å². The van der Waals surface area contributed by atoms with Gasteiger partial charge in [-0.1, -0.05) is 18.2 Å². The minimum Gasteiger partial charge on any atom is -0.504 e. The minimum absolute atomic E-state index is 0.0241. The number of hydrazone groups is 1. The summed E-state index contributed by atoms with van der Waals surface area (Å²) in [5.41, 5.74) is 4.18. The molecule has 1 aliphatic rings. The van der Waals surface area contributed by atoms with Crippen LogP contribution in [-0.2, 0) is 12.8 Å². The number of nitrogens with zero attached hydrogens (tertiary/aromatic N) is 2. The van der Waals surface area contributed by atoms with Crippen molar-refractivity contribution >= 4 is 5.71 Å². The fraction of sp³-hybridized carbons (Fsp3) is 0.348. The molecular weight excluding hydrogens is 384 g/mol. The smallest absolute Gasteiger partial charge is 0.160 e. The second-order valence-electron chi connectivity index (χ2n) is 7.10. The Kier molecular flexibility index (Phi) is 7.19. The van der Waals surface area contributed by atoms with E-state index in [0.29, 0.717) is 24.5 Å². The molecular formula is C23H28N2O5. The fourth-order valence-corrected chi connectivity index (χ4v) is 3.43. The Hall–Kier alpha value is -3.19. The van der Waals surface area contributed by atoms with Crippen LogP contribution in [0.4, 0.5) is 0 Å². The van der Waals surface area contributed by atoms with Crippen LogP contribution >= 0.6 is 0 Å². The van der Waals surface area contributed by atoms with Gasteiger partial charge in [0.25, 0.3) is 0 Å². The highest BCUT2D eigenvalue weighted by Gasteiger charge is 2.20. The van der Waals surface area contributed by atoms with Crippen LogP contribution in [0, 0.1) is 0 Å². The molecule has 0 saturated heterocycles. The zero-order valence-electron chi connectivity index (χ0n) is 17.3. The maximum Gasteiger partial charge on any atom is 0.160 e. The average Bonchev–Trinajstić information content (AvgIpc) is 3.14. The number of allylic oxidation sites excluding steroid dienone is 2. The Morgan fingerprint density at radius 3 is 2.23 bits per heavy atom. The van der Waals surface area contributed by atoms with Crippen LogP contribution in [-0.4, -0.2) is 53.4 Å². The fourth-order valence-electron chi connectivity index (χ4n) is 3.43. The summed E-state index contributed by atoms with van der Waals surface area (Å²) in [6.07, 6.45) is 5.06. The van der Waals surface area contributed by atoms with Gasteiger partial charge in [-0.3, -0.25) is 5.01 Å². The van der Waals surface area contributed by atoms with E-state index in [0.717, 1.165) is 41.8 Å². The first-order chi connectivity index (χ1) is 14.5. The number of ether oxygens (including phenoxy) is 2. The molecule has 7 nitrogen and oxygen atoms in total. The van der Waals surface area contributed by atoms with Crippen molar-refractivity contribution in [3.63, 3.8) is 0 Å². The van der Waals surface area contributed by atoms with Crippen molar-refractivity contribution in [3.05, 3.63) is 59.3 Å². The summed E-state index contributed by atoms with van der Waals surface area (Å²) < 4.78 is 10.3. The Bertz CT molecular complexity index is 939. The summed E-state index contributed by atoms with van der Waals surface area (Å²) in [7, 11) is 3.06. The first-order valence-electron chi connectivity index (χ1n) is 9.89. The monoisotopic (exact) mass is 412 g/mol. The van der Waals surface area contributed by atoms with Crippen molar-refractivity contribution in [3.8, 4) is 23.0 Å². The molecule has 3 rings (SSSR count). The molecule has 2 aromatic carbocycles. The van der Waals surface area contributed by atoms with Crippen LogP contribution in [0.15, 0.2) is 53.3 Å². The van der Waals surface area contributed by atoms with Gasteiger partial charge in [0.15, 0.2) is 23.0 Å². The third-order valence-corrected chi connectivity index (χ3v) is 5.05. The number of phenols is 2. The van der Waals surface area contributed by atoms with Crippen molar-refractivity contribution in [2.24, 2.45) is 5.10 Å². The standard InChI is InChI=1S/C23H28N2O5/c1-29-22-13-16(5-9-20(22)27)3-7-18-15-19(25(24-18)11-12-26)8-4-17-6-10-21(28)23(14-17)30-2/h5-6,8-10,13-14,26-28H,3-4,7,11-12,15H2,1-2H3. The third-order valence-electron chi connectivity index (χ3n) is 5.05. The van der Waals surface area contributed by atoms with Gasteiger partial charge in [-0.2, -0.15) is 5.10 Å². The normalized spacial score (nSPS) is 14.8. The Balaban J connectivity index is 1.65. The van der Waals surface area contributed by atoms with E-state index in [1.165, 1.54) is 14.2 Å². The number of aromatic hydroxyl groups is 2. The van der Waals surface area contributed by atoms with Gasteiger partial charge in [-0.15, -0.1) is 0 Å². The number of methoxy groups -OCH3 is 2. The van der Waals surface area contributed by atoms with Gasteiger partial charge in [-0.25, -0.2) is 0 Å². The van der Waals surface area contributed by atoms with E-state index < -0.39 is 0 Å². The molecule has 0 unspecified atom stereocenters. The maximum absolute atomic E-state index is 9.75. The molecule has 0 spiro atoms. The number of β-amino-alcohol motifs (C(OH)–C–C–N with tert-alkyl or cyclic N) is 1. The number of hydrogen-bond acceptors (Lipinski definition) is 7. The van der Waals surface area contributed by atoms with Gasteiger partial charge in [0.1, 0.15) is 0 Å². The molecule has 0 aliphatic carbocycles. The molecule has 1 heterocycles. The van der Waals surface area contributed by atoms with Crippen LogP contribution in [0.1, 0.15) is 24.0 Å². The van der Waals surface area contributed by atoms with E-state index in [4.69, 9.17) is 9.47 Å². The highest BCUT2D eigenvalue weighted by Crippen LogP contribution is 2.29. The largest absolute Gasteiger partial charge is 0.504 e. The van der Waals surface area contributed by atoms with Crippen LogP contribution in [0.3, 0.4) is 0 Å².